The van der Waals surface area contributed by atoms with E-state index in [9.17, 15) is 4.79 Å². The average molecular weight is 342 g/mol. The van der Waals surface area contributed by atoms with E-state index in [4.69, 9.17) is 0 Å². The van der Waals surface area contributed by atoms with Gasteiger partial charge in [0.1, 0.15) is 0 Å². The molecule has 0 unspecified atom stereocenters. The van der Waals surface area contributed by atoms with Gasteiger partial charge in [-0.3, -0.25) is 4.79 Å². The summed E-state index contributed by atoms with van der Waals surface area (Å²) in [4.78, 5) is 17.3. The van der Waals surface area contributed by atoms with Gasteiger partial charge in [0.25, 0.3) is 5.91 Å². The van der Waals surface area contributed by atoms with Crippen molar-refractivity contribution in [1.29, 1.82) is 0 Å². The van der Waals surface area contributed by atoms with Crippen LogP contribution in [-0.4, -0.2) is 10.8 Å². The standard InChI is InChI=1S/C19H19NOS2/c1-2-15-7-9-16(10-8-15)19(21)20(13-17-5-3-11-22-17)14-18-6-4-12-23-18/h3-12H,2,13-14H2,1H3. The Labute approximate surface area is 145 Å². The Balaban J connectivity index is 1.81. The topological polar surface area (TPSA) is 20.3 Å². The summed E-state index contributed by atoms with van der Waals surface area (Å²) < 4.78 is 0. The smallest absolute Gasteiger partial charge is 0.254 e. The summed E-state index contributed by atoms with van der Waals surface area (Å²) in [6, 6.07) is 16.2. The van der Waals surface area contributed by atoms with Gasteiger partial charge >= 0.3 is 0 Å². The van der Waals surface area contributed by atoms with E-state index in [1.807, 2.05) is 41.3 Å². The van der Waals surface area contributed by atoms with Gasteiger partial charge in [0.15, 0.2) is 0 Å². The van der Waals surface area contributed by atoms with Crippen LogP contribution in [0.5, 0.6) is 0 Å². The molecule has 2 aromatic heterocycles. The Kier molecular flexibility index (Phi) is 5.26. The van der Waals surface area contributed by atoms with Crippen molar-refractivity contribution >= 4 is 28.6 Å². The van der Waals surface area contributed by atoms with Gasteiger partial charge < -0.3 is 4.90 Å². The molecule has 1 amide bonds. The fraction of sp³-hybridized carbons (Fsp3) is 0.211. The van der Waals surface area contributed by atoms with Crippen molar-refractivity contribution in [1.82, 2.24) is 4.90 Å². The Hall–Kier alpha value is -1.91. The first kappa shape index (κ1) is 16.0. The van der Waals surface area contributed by atoms with Crippen LogP contribution in [0.4, 0.5) is 0 Å². The SMILES string of the molecule is CCc1ccc(C(=O)N(Cc2cccs2)Cc2cccs2)cc1. The molecule has 0 aliphatic carbocycles. The van der Waals surface area contributed by atoms with E-state index in [-0.39, 0.29) is 5.91 Å². The van der Waals surface area contributed by atoms with Crippen LogP contribution in [0, 0.1) is 0 Å². The number of rotatable bonds is 6. The van der Waals surface area contributed by atoms with Crippen LogP contribution in [0.2, 0.25) is 0 Å². The summed E-state index contributed by atoms with van der Waals surface area (Å²) in [5.74, 6) is 0.0921. The second-order valence-electron chi connectivity index (χ2n) is 5.37. The van der Waals surface area contributed by atoms with Gasteiger partial charge in [0, 0.05) is 15.3 Å². The lowest BCUT2D eigenvalue weighted by molar-refractivity contribution is 0.0733. The molecule has 0 saturated carbocycles. The highest BCUT2D eigenvalue weighted by molar-refractivity contribution is 7.10. The quantitative estimate of drug-likeness (QED) is 0.602. The summed E-state index contributed by atoms with van der Waals surface area (Å²) in [7, 11) is 0. The molecule has 0 radical (unpaired) electrons. The van der Waals surface area contributed by atoms with E-state index in [1.165, 1.54) is 15.3 Å². The molecule has 0 spiro atoms. The van der Waals surface area contributed by atoms with Crippen molar-refractivity contribution in [3.63, 3.8) is 0 Å². The lowest BCUT2D eigenvalue weighted by Gasteiger charge is -2.22. The fourth-order valence-electron chi connectivity index (χ4n) is 2.45. The van der Waals surface area contributed by atoms with Crippen molar-refractivity contribution < 1.29 is 4.79 Å². The highest BCUT2D eigenvalue weighted by atomic mass is 32.1. The zero-order valence-electron chi connectivity index (χ0n) is 13.1. The third-order valence-corrected chi connectivity index (χ3v) is 5.47. The molecular weight excluding hydrogens is 322 g/mol. The fourth-order valence-corrected chi connectivity index (χ4v) is 3.89. The van der Waals surface area contributed by atoms with Crippen molar-refractivity contribution in [2.24, 2.45) is 0 Å². The normalized spacial score (nSPS) is 10.7. The molecule has 118 valence electrons. The Morgan fingerprint density at radius 1 is 0.913 bits per heavy atom. The highest BCUT2D eigenvalue weighted by Gasteiger charge is 2.17. The maximum Gasteiger partial charge on any atom is 0.254 e. The van der Waals surface area contributed by atoms with E-state index in [1.54, 1.807) is 22.7 Å². The lowest BCUT2D eigenvalue weighted by Crippen LogP contribution is -2.29. The molecule has 3 rings (SSSR count). The lowest BCUT2D eigenvalue weighted by atomic mass is 10.1. The molecule has 0 bridgehead atoms. The Morgan fingerprint density at radius 2 is 1.48 bits per heavy atom. The maximum atomic E-state index is 12.9. The zero-order chi connectivity index (χ0) is 16.1. The molecule has 0 atom stereocenters. The number of hydrogen-bond acceptors (Lipinski definition) is 3. The van der Waals surface area contributed by atoms with E-state index < -0.39 is 0 Å². The summed E-state index contributed by atoms with van der Waals surface area (Å²) in [6.07, 6.45) is 0.989. The number of carbonyl (C=O) groups is 1. The molecule has 23 heavy (non-hydrogen) atoms. The van der Waals surface area contributed by atoms with Crippen LogP contribution in [0.1, 0.15) is 32.6 Å². The van der Waals surface area contributed by atoms with Gasteiger partial charge in [0.05, 0.1) is 13.1 Å². The highest BCUT2D eigenvalue weighted by Crippen LogP contribution is 2.19. The van der Waals surface area contributed by atoms with Crippen LogP contribution in [-0.2, 0) is 19.5 Å². The minimum absolute atomic E-state index is 0.0921. The number of hydrogen-bond donors (Lipinski definition) is 0. The molecule has 3 aromatic rings. The van der Waals surface area contributed by atoms with Crippen LogP contribution in [0.25, 0.3) is 0 Å². The number of aryl methyl sites for hydroxylation is 1. The molecule has 0 aliphatic rings. The first-order chi connectivity index (χ1) is 11.3. The number of nitrogens with zero attached hydrogens (tertiary/aromatic N) is 1. The molecule has 0 N–H and O–H groups in total. The third kappa shape index (κ3) is 4.09. The second kappa shape index (κ2) is 7.57. The van der Waals surface area contributed by atoms with Gasteiger partial charge in [-0.15, -0.1) is 22.7 Å². The molecule has 2 nitrogen and oxygen atoms in total. The molecule has 0 aliphatic heterocycles. The van der Waals surface area contributed by atoms with E-state index >= 15 is 0 Å². The number of carbonyl (C=O) groups excluding carboxylic acids is 1. The van der Waals surface area contributed by atoms with Crippen LogP contribution in [0.3, 0.4) is 0 Å². The minimum atomic E-state index is 0.0921. The van der Waals surface area contributed by atoms with Gasteiger partial charge in [-0.25, -0.2) is 0 Å². The Bertz CT molecular complexity index is 694. The van der Waals surface area contributed by atoms with E-state index in [0.717, 1.165) is 12.0 Å². The predicted octanol–water partition coefficient (Wildman–Crippen LogP) is 5.21. The largest absolute Gasteiger partial charge is 0.328 e. The molecule has 0 saturated heterocycles. The van der Waals surface area contributed by atoms with Crippen molar-refractivity contribution in [3.05, 3.63) is 80.2 Å². The maximum absolute atomic E-state index is 12.9. The molecule has 1 aromatic carbocycles. The molecule has 2 heterocycles. The summed E-state index contributed by atoms with van der Waals surface area (Å²) >= 11 is 3.38. The molecule has 0 fully saturated rings. The van der Waals surface area contributed by atoms with Crippen molar-refractivity contribution in [2.75, 3.05) is 0 Å². The number of benzene rings is 1. The molecule has 4 heteroatoms. The second-order valence-corrected chi connectivity index (χ2v) is 7.43. The van der Waals surface area contributed by atoms with Gasteiger partial charge in [-0.05, 0) is 47.0 Å². The minimum Gasteiger partial charge on any atom is -0.328 e. The van der Waals surface area contributed by atoms with Crippen molar-refractivity contribution in [2.45, 2.75) is 26.4 Å². The summed E-state index contributed by atoms with van der Waals surface area (Å²) in [6.45, 7) is 3.44. The monoisotopic (exact) mass is 341 g/mol. The number of amides is 1. The third-order valence-electron chi connectivity index (χ3n) is 3.75. The van der Waals surface area contributed by atoms with E-state index in [2.05, 4.69) is 29.8 Å². The van der Waals surface area contributed by atoms with E-state index in [0.29, 0.717) is 13.1 Å². The van der Waals surface area contributed by atoms with Crippen LogP contribution >= 0.6 is 22.7 Å². The van der Waals surface area contributed by atoms with Crippen LogP contribution < -0.4 is 0 Å². The van der Waals surface area contributed by atoms with Gasteiger partial charge in [-0.2, -0.15) is 0 Å². The summed E-state index contributed by atoms with van der Waals surface area (Å²) in [5, 5.41) is 4.11. The average Bonchev–Trinajstić information content (AvgIpc) is 3.27. The van der Waals surface area contributed by atoms with Crippen LogP contribution in [0.15, 0.2) is 59.3 Å². The number of thiophene rings is 2. The van der Waals surface area contributed by atoms with Gasteiger partial charge in [0.2, 0.25) is 0 Å². The first-order valence-corrected chi connectivity index (χ1v) is 9.45. The summed E-state index contributed by atoms with van der Waals surface area (Å²) in [5.41, 5.74) is 2.01. The molecular formula is C19H19NOS2. The van der Waals surface area contributed by atoms with Crippen molar-refractivity contribution in [3.8, 4) is 0 Å². The first-order valence-electron chi connectivity index (χ1n) is 7.69. The van der Waals surface area contributed by atoms with Gasteiger partial charge in [-0.1, -0.05) is 31.2 Å². The Morgan fingerprint density at radius 3 is 1.91 bits per heavy atom. The zero-order valence-corrected chi connectivity index (χ0v) is 14.7. The predicted molar refractivity (Wildman–Crippen MR) is 98.0 cm³/mol.